The molecule has 8 heteroatoms. The van der Waals surface area contributed by atoms with Crippen LogP contribution in [0.25, 0.3) is 0 Å². The zero-order chi connectivity index (χ0) is 15.0. The molecule has 1 atom stereocenters. The first-order chi connectivity index (χ1) is 9.55. The lowest BCUT2D eigenvalue weighted by Gasteiger charge is -2.36. The monoisotopic (exact) mass is 304 g/mol. The third-order valence-corrected chi connectivity index (χ3v) is 4.97. The minimum Gasteiger partial charge on any atom is -0.383 e. The van der Waals surface area contributed by atoms with Crippen LogP contribution in [-0.4, -0.2) is 70.1 Å². The van der Waals surface area contributed by atoms with Crippen molar-refractivity contribution in [1.29, 1.82) is 5.26 Å². The molecule has 1 fully saturated rings. The maximum absolute atomic E-state index is 12.0. The summed E-state index contributed by atoms with van der Waals surface area (Å²) < 4.78 is 32.8. The van der Waals surface area contributed by atoms with E-state index in [-0.39, 0.29) is 12.6 Å². The van der Waals surface area contributed by atoms with E-state index in [0.717, 1.165) is 12.8 Å². The molecule has 116 valence electrons. The van der Waals surface area contributed by atoms with Gasteiger partial charge in [-0.3, -0.25) is 4.90 Å². The molecule has 1 saturated heterocycles. The number of piperazine rings is 1. The van der Waals surface area contributed by atoms with E-state index in [4.69, 9.17) is 10.00 Å². The predicted molar refractivity (Wildman–Crippen MR) is 76.3 cm³/mol. The zero-order valence-corrected chi connectivity index (χ0v) is 13.0. The zero-order valence-electron chi connectivity index (χ0n) is 12.2. The molecule has 0 radical (unpaired) electrons. The van der Waals surface area contributed by atoms with E-state index < -0.39 is 10.2 Å². The van der Waals surface area contributed by atoms with Gasteiger partial charge in [0, 0.05) is 39.8 Å². The van der Waals surface area contributed by atoms with Crippen LogP contribution in [0.3, 0.4) is 0 Å². The second-order valence-electron chi connectivity index (χ2n) is 4.76. The third kappa shape index (κ3) is 5.00. The van der Waals surface area contributed by atoms with Gasteiger partial charge in [-0.2, -0.15) is 22.7 Å². The number of nitrogens with one attached hydrogen (secondary N) is 1. The summed E-state index contributed by atoms with van der Waals surface area (Å²) in [6, 6.07) is 2.19. The Morgan fingerprint density at radius 3 is 2.50 bits per heavy atom. The van der Waals surface area contributed by atoms with Gasteiger partial charge in [-0.15, -0.1) is 0 Å². The van der Waals surface area contributed by atoms with Crippen LogP contribution in [0.5, 0.6) is 0 Å². The summed E-state index contributed by atoms with van der Waals surface area (Å²) in [5.74, 6) is 0. The Morgan fingerprint density at radius 1 is 1.35 bits per heavy atom. The normalized spacial score (nSPS) is 19.6. The van der Waals surface area contributed by atoms with Crippen molar-refractivity contribution >= 4 is 10.2 Å². The molecule has 0 amide bonds. The van der Waals surface area contributed by atoms with E-state index in [1.54, 1.807) is 0 Å². The summed E-state index contributed by atoms with van der Waals surface area (Å²) in [4.78, 5) is 2.06. The summed E-state index contributed by atoms with van der Waals surface area (Å²) in [5, 5.41) is 9.13. The van der Waals surface area contributed by atoms with E-state index in [2.05, 4.69) is 15.7 Å². The minimum atomic E-state index is -3.43. The molecule has 0 aromatic rings. The van der Waals surface area contributed by atoms with Crippen molar-refractivity contribution in [3.63, 3.8) is 0 Å². The van der Waals surface area contributed by atoms with Crippen molar-refractivity contribution in [2.75, 3.05) is 46.4 Å². The maximum atomic E-state index is 12.0. The van der Waals surface area contributed by atoms with Gasteiger partial charge in [0.15, 0.2) is 0 Å². The number of hydrogen-bond acceptors (Lipinski definition) is 5. The van der Waals surface area contributed by atoms with Crippen molar-refractivity contribution in [3.8, 4) is 6.07 Å². The van der Waals surface area contributed by atoms with Crippen LogP contribution in [0.2, 0.25) is 0 Å². The second kappa shape index (κ2) is 8.54. The largest absolute Gasteiger partial charge is 0.383 e. The molecule has 0 aliphatic carbocycles. The van der Waals surface area contributed by atoms with Crippen LogP contribution >= 0.6 is 0 Å². The van der Waals surface area contributed by atoms with Gasteiger partial charge >= 0.3 is 0 Å². The molecule has 20 heavy (non-hydrogen) atoms. The van der Waals surface area contributed by atoms with Gasteiger partial charge in [-0.25, -0.2) is 0 Å². The Morgan fingerprint density at radius 2 is 2.00 bits per heavy atom. The van der Waals surface area contributed by atoms with Crippen LogP contribution in [-0.2, 0) is 14.9 Å². The first kappa shape index (κ1) is 17.3. The van der Waals surface area contributed by atoms with E-state index in [0.29, 0.717) is 32.8 Å². The van der Waals surface area contributed by atoms with Gasteiger partial charge in [0.05, 0.1) is 18.7 Å². The Labute approximate surface area is 121 Å². The molecule has 1 aliphatic rings. The van der Waals surface area contributed by atoms with Crippen molar-refractivity contribution in [1.82, 2.24) is 13.9 Å². The summed E-state index contributed by atoms with van der Waals surface area (Å²) in [6.45, 7) is 4.72. The quantitative estimate of drug-likeness (QED) is 0.626. The highest BCUT2D eigenvalue weighted by Gasteiger charge is 2.29. The smallest absolute Gasteiger partial charge is 0.279 e. The molecule has 1 rings (SSSR count). The number of nitrogens with zero attached hydrogens (tertiary/aromatic N) is 3. The molecule has 0 aromatic heterocycles. The van der Waals surface area contributed by atoms with E-state index in [1.807, 2.05) is 6.92 Å². The Bertz CT molecular complexity index is 413. The second-order valence-corrected chi connectivity index (χ2v) is 6.52. The summed E-state index contributed by atoms with van der Waals surface area (Å²) in [5.41, 5.74) is 0. The summed E-state index contributed by atoms with van der Waals surface area (Å²) in [6.07, 6.45) is 1.78. The molecule has 0 bridgehead atoms. The van der Waals surface area contributed by atoms with Crippen molar-refractivity contribution in [2.45, 2.75) is 25.8 Å². The van der Waals surface area contributed by atoms with Crippen molar-refractivity contribution < 1.29 is 13.2 Å². The summed E-state index contributed by atoms with van der Waals surface area (Å²) in [7, 11) is -1.90. The standard InChI is InChI=1S/C12H24N4O3S/c1-3-4-12(11-13)15-6-8-16(9-7-15)20(17,18)14-5-10-19-2/h12,14H,3-10H2,1-2H3. The number of rotatable bonds is 8. The third-order valence-electron chi connectivity index (χ3n) is 3.36. The van der Waals surface area contributed by atoms with Gasteiger partial charge in [-0.1, -0.05) is 13.3 Å². The Hall–Kier alpha value is -0.720. The fraction of sp³-hybridized carbons (Fsp3) is 0.917. The van der Waals surface area contributed by atoms with E-state index in [1.165, 1.54) is 11.4 Å². The topological polar surface area (TPSA) is 85.7 Å². The molecule has 1 aliphatic heterocycles. The van der Waals surface area contributed by atoms with Crippen LogP contribution in [0.15, 0.2) is 0 Å². The SMILES string of the molecule is CCCC(C#N)N1CCN(S(=O)(=O)NCCOC)CC1. The molecule has 0 spiro atoms. The molecule has 7 nitrogen and oxygen atoms in total. The maximum Gasteiger partial charge on any atom is 0.279 e. The average Bonchev–Trinajstić information content (AvgIpc) is 2.45. The highest BCUT2D eigenvalue weighted by atomic mass is 32.2. The number of ether oxygens (including phenoxy) is 1. The molecular formula is C12H24N4O3S. The molecule has 1 heterocycles. The van der Waals surface area contributed by atoms with Crippen LogP contribution in [0.1, 0.15) is 19.8 Å². The lowest BCUT2D eigenvalue weighted by atomic mass is 10.1. The van der Waals surface area contributed by atoms with Gasteiger partial charge in [0.1, 0.15) is 0 Å². The first-order valence-electron chi connectivity index (χ1n) is 6.92. The molecule has 0 saturated carbocycles. The number of hydrogen-bond donors (Lipinski definition) is 1. The van der Waals surface area contributed by atoms with Crippen LogP contribution < -0.4 is 4.72 Å². The van der Waals surface area contributed by atoms with E-state index >= 15 is 0 Å². The minimum absolute atomic E-state index is 0.105. The predicted octanol–water partition coefficient (Wildman–Crippen LogP) is -0.223. The molecule has 0 aromatic carbocycles. The average molecular weight is 304 g/mol. The lowest BCUT2D eigenvalue weighted by Crippen LogP contribution is -2.54. The lowest BCUT2D eigenvalue weighted by molar-refractivity contribution is 0.155. The fourth-order valence-corrected chi connectivity index (χ4v) is 3.39. The molecular weight excluding hydrogens is 280 g/mol. The van der Waals surface area contributed by atoms with Crippen molar-refractivity contribution in [2.24, 2.45) is 0 Å². The fourth-order valence-electron chi connectivity index (χ4n) is 2.22. The van der Waals surface area contributed by atoms with Crippen LogP contribution in [0.4, 0.5) is 0 Å². The Kier molecular flexibility index (Phi) is 7.40. The first-order valence-corrected chi connectivity index (χ1v) is 8.36. The van der Waals surface area contributed by atoms with Gasteiger partial charge < -0.3 is 4.74 Å². The number of nitriles is 1. The number of methoxy groups -OCH3 is 1. The van der Waals surface area contributed by atoms with Crippen LogP contribution in [0, 0.1) is 11.3 Å². The van der Waals surface area contributed by atoms with Gasteiger partial charge in [-0.05, 0) is 6.42 Å². The summed E-state index contributed by atoms with van der Waals surface area (Å²) >= 11 is 0. The van der Waals surface area contributed by atoms with Crippen molar-refractivity contribution in [3.05, 3.63) is 0 Å². The molecule has 1 N–H and O–H groups in total. The van der Waals surface area contributed by atoms with Gasteiger partial charge in [0.25, 0.3) is 10.2 Å². The highest BCUT2D eigenvalue weighted by Crippen LogP contribution is 2.12. The molecule has 1 unspecified atom stereocenters. The van der Waals surface area contributed by atoms with Gasteiger partial charge in [0.2, 0.25) is 0 Å². The Balaban J connectivity index is 2.47. The highest BCUT2D eigenvalue weighted by molar-refractivity contribution is 7.87. The van der Waals surface area contributed by atoms with E-state index in [9.17, 15) is 8.42 Å².